The number of carboxylic acids is 1. The molecule has 1 aliphatic heterocycles. The van der Waals surface area contributed by atoms with Crippen LogP contribution in [0.4, 0.5) is 4.79 Å². The smallest absolute Gasteiger partial charge is 0.407 e. The Balaban J connectivity index is 1.52. The quantitative estimate of drug-likeness (QED) is 0.246. The number of aliphatic carboxylic acids is 1. The summed E-state index contributed by atoms with van der Waals surface area (Å²) < 4.78 is 38.3. The van der Waals surface area contributed by atoms with E-state index in [9.17, 15) is 33.9 Å². The largest absolute Gasteiger partial charge is 0.480 e. The molecule has 2 aliphatic rings. The van der Waals surface area contributed by atoms with E-state index < -0.39 is 85.4 Å². The monoisotopic (exact) mass is 671 g/mol. The third-order valence-corrected chi connectivity index (χ3v) is 7.65. The zero-order chi connectivity index (χ0) is 35.1. The van der Waals surface area contributed by atoms with Crippen LogP contribution in [0.3, 0.4) is 0 Å². The molecule has 0 bridgehead atoms. The van der Waals surface area contributed by atoms with Crippen LogP contribution in [0.2, 0.25) is 0 Å². The van der Waals surface area contributed by atoms with E-state index in [1.807, 2.05) is 48.5 Å². The molecular formula is C33H37NO14. The minimum absolute atomic E-state index is 0.0822. The second kappa shape index (κ2) is 15.7. The van der Waals surface area contributed by atoms with Gasteiger partial charge in [0.1, 0.15) is 19.3 Å². The van der Waals surface area contributed by atoms with E-state index in [1.165, 1.54) is 6.92 Å². The molecule has 0 aromatic heterocycles. The molecule has 0 unspecified atom stereocenters. The lowest BCUT2D eigenvalue weighted by Crippen LogP contribution is -2.64. The molecule has 1 aliphatic carbocycles. The average Bonchev–Trinajstić information content (AvgIpc) is 3.33. The second-order valence-electron chi connectivity index (χ2n) is 11.2. The Kier molecular flexibility index (Phi) is 11.7. The van der Waals surface area contributed by atoms with Crippen molar-refractivity contribution >= 4 is 35.9 Å². The first kappa shape index (κ1) is 35.8. The average molecular weight is 672 g/mol. The van der Waals surface area contributed by atoms with Crippen LogP contribution in [0.1, 0.15) is 51.7 Å². The molecular weight excluding hydrogens is 634 g/mol. The number of esters is 4. The zero-order valence-corrected chi connectivity index (χ0v) is 26.9. The molecule has 1 saturated heterocycles. The van der Waals surface area contributed by atoms with Crippen molar-refractivity contribution < 1.29 is 67.0 Å². The number of nitrogens with one attached hydrogen (secondary N) is 1. The number of hydrogen-bond donors (Lipinski definition) is 2. The Bertz CT molecular complexity index is 1500. The number of carbonyl (C=O) groups is 6. The van der Waals surface area contributed by atoms with Crippen molar-refractivity contribution in [2.45, 2.75) is 83.4 Å². The van der Waals surface area contributed by atoms with Crippen molar-refractivity contribution in [3.8, 4) is 11.1 Å². The molecule has 2 aromatic rings. The molecule has 48 heavy (non-hydrogen) atoms. The maximum atomic E-state index is 13.0. The summed E-state index contributed by atoms with van der Waals surface area (Å²) in [6, 6.07) is 13.7. The number of alkyl carbamates (subject to hydrolysis) is 1. The number of carbonyl (C=O) groups excluding carboxylic acids is 5. The first-order chi connectivity index (χ1) is 22.8. The molecule has 1 fully saturated rings. The molecule has 258 valence electrons. The van der Waals surface area contributed by atoms with Gasteiger partial charge in [0.15, 0.2) is 30.6 Å². The second-order valence-corrected chi connectivity index (χ2v) is 11.2. The Morgan fingerprint density at radius 2 is 1.25 bits per heavy atom. The van der Waals surface area contributed by atoms with Gasteiger partial charge in [-0.05, 0) is 29.2 Å². The maximum Gasteiger partial charge on any atom is 0.407 e. The highest BCUT2D eigenvalue weighted by Crippen LogP contribution is 2.44. The van der Waals surface area contributed by atoms with Crippen LogP contribution in [0.25, 0.3) is 11.1 Å². The number of benzene rings is 2. The molecule has 0 saturated carbocycles. The summed E-state index contributed by atoms with van der Waals surface area (Å²) in [5.74, 6) is -5.03. The fourth-order valence-corrected chi connectivity index (χ4v) is 5.74. The molecule has 15 heteroatoms. The third-order valence-electron chi connectivity index (χ3n) is 7.65. The van der Waals surface area contributed by atoms with Gasteiger partial charge in [0.25, 0.3) is 0 Å². The van der Waals surface area contributed by atoms with Crippen LogP contribution >= 0.6 is 0 Å². The Morgan fingerprint density at radius 3 is 1.77 bits per heavy atom. The number of hydrogen-bond acceptors (Lipinski definition) is 13. The first-order valence-corrected chi connectivity index (χ1v) is 15.1. The third kappa shape index (κ3) is 8.66. The predicted octanol–water partition coefficient (Wildman–Crippen LogP) is 2.47. The molecule has 4 rings (SSSR count). The van der Waals surface area contributed by atoms with Crippen molar-refractivity contribution in [3.63, 3.8) is 0 Å². The van der Waals surface area contributed by atoms with Crippen LogP contribution in [0.15, 0.2) is 48.5 Å². The van der Waals surface area contributed by atoms with Gasteiger partial charge in [-0.15, -0.1) is 0 Å². The summed E-state index contributed by atoms with van der Waals surface area (Å²) in [6.45, 7) is 5.02. The molecule has 1 amide bonds. The molecule has 1 heterocycles. The Hall–Kier alpha value is -5.02. The van der Waals surface area contributed by atoms with Gasteiger partial charge >= 0.3 is 35.9 Å². The van der Waals surface area contributed by atoms with Gasteiger partial charge in [-0.25, -0.2) is 9.59 Å². The zero-order valence-electron chi connectivity index (χ0n) is 26.9. The highest BCUT2D eigenvalue weighted by Gasteiger charge is 2.53. The Morgan fingerprint density at radius 1 is 0.729 bits per heavy atom. The summed E-state index contributed by atoms with van der Waals surface area (Å²) >= 11 is 0. The lowest BCUT2D eigenvalue weighted by atomic mass is 9.98. The minimum Gasteiger partial charge on any atom is -0.480 e. The van der Waals surface area contributed by atoms with Gasteiger partial charge in [-0.1, -0.05) is 48.5 Å². The van der Waals surface area contributed by atoms with Crippen molar-refractivity contribution in [1.29, 1.82) is 0 Å². The summed E-state index contributed by atoms with van der Waals surface area (Å²) in [4.78, 5) is 73.0. The SMILES string of the molecule is CC(=O)OC[C@@H]1O[C@H](O[C@@H](C)[C@H](NC(=O)OCC2c3ccccc3-c3ccccc32)C(=O)O)[C@H](OC(C)=O)[C@@H](OC(C)=O)[C@@H]1OC(C)=O. The standard InChI is InChI=1S/C33H37NO14/c1-16(27(31(39)40)34-33(41)43-14-25-23-12-8-6-10-21(23)22-11-7-9-13-24(22)25)44-32-30(47-20(5)38)29(46-19(4)37)28(45-18(3)36)26(48-32)15-42-17(2)35/h6-13,16,25-30,32H,14-15H2,1-5H3,(H,34,41)(H,39,40)/t16-,26-,27-,28+,29-,30+,32-/m0/s1. The van der Waals surface area contributed by atoms with E-state index in [4.69, 9.17) is 33.2 Å². The minimum atomic E-state index is -1.72. The van der Waals surface area contributed by atoms with Crippen LogP contribution in [-0.4, -0.2) is 97.1 Å². The molecule has 2 N–H and O–H groups in total. The van der Waals surface area contributed by atoms with Crippen LogP contribution < -0.4 is 5.32 Å². The fourth-order valence-electron chi connectivity index (χ4n) is 5.74. The van der Waals surface area contributed by atoms with E-state index >= 15 is 0 Å². The Labute approximate surface area is 275 Å². The number of rotatable bonds is 12. The van der Waals surface area contributed by atoms with Gasteiger partial charge in [-0.2, -0.15) is 0 Å². The van der Waals surface area contributed by atoms with Crippen LogP contribution in [-0.2, 0) is 57.1 Å². The fraction of sp³-hybridized carbons (Fsp3) is 0.455. The first-order valence-electron chi connectivity index (χ1n) is 15.1. The topological polar surface area (TPSA) is 199 Å². The van der Waals surface area contributed by atoms with E-state index in [-0.39, 0.29) is 12.5 Å². The normalized spacial score (nSPS) is 22.6. The lowest BCUT2D eigenvalue weighted by Gasteiger charge is -2.44. The van der Waals surface area contributed by atoms with E-state index in [1.54, 1.807) is 0 Å². The van der Waals surface area contributed by atoms with Crippen molar-refractivity contribution in [2.75, 3.05) is 13.2 Å². The van der Waals surface area contributed by atoms with Gasteiger partial charge < -0.3 is 43.6 Å². The van der Waals surface area contributed by atoms with E-state index in [0.717, 1.165) is 49.9 Å². The van der Waals surface area contributed by atoms with Crippen molar-refractivity contribution in [2.24, 2.45) is 0 Å². The van der Waals surface area contributed by atoms with E-state index in [0.29, 0.717) is 0 Å². The number of amides is 1. The van der Waals surface area contributed by atoms with Crippen molar-refractivity contribution in [1.82, 2.24) is 5.32 Å². The molecule has 2 aromatic carbocycles. The van der Waals surface area contributed by atoms with Crippen molar-refractivity contribution in [3.05, 3.63) is 59.7 Å². The van der Waals surface area contributed by atoms with Gasteiger partial charge in [-0.3, -0.25) is 19.2 Å². The maximum absolute atomic E-state index is 13.0. The van der Waals surface area contributed by atoms with Gasteiger partial charge in [0.2, 0.25) is 0 Å². The highest BCUT2D eigenvalue weighted by atomic mass is 16.7. The van der Waals surface area contributed by atoms with E-state index in [2.05, 4.69) is 5.32 Å². The summed E-state index contributed by atoms with van der Waals surface area (Å²) in [5, 5.41) is 12.3. The predicted molar refractivity (Wildman–Crippen MR) is 162 cm³/mol. The van der Waals surface area contributed by atoms with Gasteiger partial charge in [0, 0.05) is 33.6 Å². The lowest BCUT2D eigenvalue weighted by molar-refractivity contribution is -0.316. The molecule has 0 radical (unpaired) electrons. The number of fused-ring (bicyclic) bond motifs is 3. The summed E-state index contributed by atoms with van der Waals surface area (Å²) in [7, 11) is 0. The molecule has 0 spiro atoms. The van der Waals surface area contributed by atoms with Gasteiger partial charge in [0.05, 0.1) is 6.10 Å². The molecule has 7 atom stereocenters. The molecule has 15 nitrogen and oxygen atoms in total. The van der Waals surface area contributed by atoms with Crippen LogP contribution in [0.5, 0.6) is 0 Å². The number of ether oxygens (including phenoxy) is 7. The number of carboxylic acid groups (broad SMARTS) is 1. The van der Waals surface area contributed by atoms with Crippen LogP contribution in [0, 0.1) is 0 Å². The highest BCUT2D eigenvalue weighted by molar-refractivity contribution is 5.81. The summed E-state index contributed by atoms with van der Waals surface area (Å²) in [5.41, 5.74) is 3.94. The summed E-state index contributed by atoms with van der Waals surface area (Å²) in [6.07, 6.45) is -9.95.